The maximum atomic E-state index is 13.2. The third-order valence-electron chi connectivity index (χ3n) is 2.49. The van der Waals surface area contributed by atoms with Crippen LogP contribution in [-0.2, 0) is 16.0 Å². The first kappa shape index (κ1) is 14.1. The van der Waals surface area contributed by atoms with E-state index in [0.717, 1.165) is 0 Å². The summed E-state index contributed by atoms with van der Waals surface area (Å²) in [7, 11) is 0. The van der Waals surface area contributed by atoms with Gasteiger partial charge in [0.15, 0.2) is 5.78 Å². The van der Waals surface area contributed by atoms with Gasteiger partial charge >= 0.3 is 0 Å². The summed E-state index contributed by atoms with van der Waals surface area (Å²) in [6.07, 6.45) is 0.286. The van der Waals surface area contributed by atoms with Crippen molar-refractivity contribution in [3.8, 4) is 0 Å². The Bertz CT molecular complexity index is 393. The van der Waals surface area contributed by atoms with Crippen molar-refractivity contribution >= 4 is 17.4 Å². The zero-order chi connectivity index (χ0) is 12.8. The maximum absolute atomic E-state index is 13.2. The lowest BCUT2D eigenvalue weighted by Gasteiger charge is -2.14. The molecule has 0 saturated carbocycles. The zero-order valence-electron chi connectivity index (χ0n) is 10.0. The van der Waals surface area contributed by atoms with Crippen molar-refractivity contribution in [1.29, 1.82) is 0 Å². The van der Waals surface area contributed by atoms with Gasteiger partial charge in [0.1, 0.15) is 11.9 Å². The number of benzene rings is 1. The van der Waals surface area contributed by atoms with Gasteiger partial charge in [-0.2, -0.15) is 0 Å². The Labute approximate surface area is 106 Å². The van der Waals surface area contributed by atoms with Crippen molar-refractivity contribution in [2.24, 2.45) is 0 Å². The second-order valence-corrected chi connectivity index (χ2v) is 4.09. The number of rotatable bonds is 6. The molecule has 0 saturated heterocycles. The monoisotopic (exact) mass is 258 g/mol. The molecule has 2 nitrogen and oxygen atoms in total. The highest BCUT2D eigenvalue weighted by atomic mass is 35.5. The van der Waals surface area contributed by atoms with Gasteiger partial charge in [-0.25, -0.2) is 4.39 Å². The number of ether oxygens (including phenoxy) is 1. The molecule has 1 rings (SSSR count). The Hall–Kier alpha value is -0.930. The van der Waals surface area contributed by atoms with Crippen LogP contribution in [0.2, 0.25) is 5.02 Å². The van der Waals surface area contributed by atoms with E-state index in [2.05, 4.69) is 0 Å². The fourth-order valence-corrected chi connectivity index (χ4v) is 1.82. The van der Waals surface area contributed by atoms with Crippen LogP contribution < -0.4 is 0 Å². The lowest BCUT2D eigenvalue weighted by atomic mass is 10.0. The Morgan fingerprint density at radius 1 is 1.47 bits per heavy atom. The number of halogens is 2. The van der Waals surface area contributed by atoms with Crippen molar-refractivity contribution < 1.29 is 13.9 Å². The van der Waals surface area contributed by atoms with Crippen molar-refractivity contribution in [1.82, 2.24) is 0 Å². The summed E-state index contributed by atoms with van der Waals surface area (Å²) in [5.41, 5.74) is 0.509. The third kappa shape index (κ3) is 3.79. The molecular formula is C13H16ClFO2. The van der Waals surface area contributed by atoms with Crippen molar-refractivity contribution in [2.45, 2.75) is 32.8 Å². The van der Waals surface area contributed by atoms with Gasteiger partial charge in [0.05, 0.1) is 5.02 Å². The molecule has 17 heavy (non-hydrogen) atoms. The standard InChI is InChI=1S/C13H16ClFO2/c1-3-12(17-4-2)11(16)8-9-6-5-7-10(15)13(9)14/h5-7,12H,3-4,8H2,1-2H3. The van der Waals surface area contributed by atoms with Gasteiger partial charge in [0.2, 0.25) is 0 Å². The Kier molecular flexibility index (Phi) is 5.59. The summed E-state index contributed by atoms with van der Waals surface area (Å²) in [4.78, 5) is 11.9. The number of carbonyl (C=O) groups is 1. The molecule has 4 heteroatoms. The average molecular weight is 259 g/mol. The second kappa shape index (κ2) is 6.72. The summed E-state index contributed by atoms with van der Waals surface area (Å²) in [6.45, 7) is 4.21. The number of hydrogen-bond acceptors (Lipinski definition) is 2. The van der Waals surface area contributed by atoms with E-state index in [1.165, 1.54) is 6.07 Å². The first-order valence-electron chi connectivity index (χ1n) is 5.67. The summed E-state index contributed by atoms with van der Waals surface area (Å²) in [5.74, 6) is -0.566. The molecule has 1 aromatic rings. The van der Waals surface area contributed by atoms with Crippen LogP contribution in [0.4, 0.5) is 4.39 Å². The van der Waals surface area contributed by atoms with Gasteiger partial charge in [0, 0.05) is 13.0 Å². The maximum Gasteiger partial charge on any atom is 0.165 e. The molecule has 0 aliphatic heterocycles. The van der Waals surface area contributed by atoms with Gasteiger partial charge in [-0.1, -0.05) is 30.7 Å². The molecule has 94 valence electrons. The highest BCUT2D eigenvalue weighted by molar-refractivity contribution is 6.31. The zero-order valence-corrected chi connectivity index (χ0v) is 10.8. The van der Waals surface area contributed by atoms with Crippen molar-refractivity contribution in [2.75, 3.05) is 6.61 Å². The van der Waals surface area contributed by atoms with Gasteiger partial charge in [-0.05, 0) is 25.0 Å². The van der Waals surface area contributed by atoms with Crippen LogP contribution in [0, 0.1) is 5.82 Å². The molecule has 0 aliphatic rings. The van der Waals surface area contributed by atoms with Crippen molar-refractivity contribution in [3.63, 3.8) is 0 Å². The topological polar surface area (TPSA) is 26.3 Å². The highest BCUT2D eigenvalue weighted by Crippen LogP contribution is 2.21. The quantitative estimate of drug-likeness (QED) is 0.782. The fourth-order valence-electron chi connectivity index (χ4n) is 1.63. The van der Waals surface area contributed by atoms with Crippen LogP contribution in [0.25, 0.3) is 0 Å². The highest BCUT2D eigenvalue weighted by Gasteiger charge is 2.18. The van der Waals surface area contributed by atoms with Crippen LogP contribution in [0.15, 0.2) is 18.2 Å². The molecule has 0 heterocycles. The molecular weight excluding hydrogens is 243 g/mol. The van der Waals surface area contributed by atoms with Crippen LogP contribution in [-0.4, -0.2) is 18.5 Å². The lowest BCUT2D eigenvalue weighted by Crippen LogP contribution is -2.25. The molecule has 0 aliphatic carbocycles. The van der Waals surface area contributed by atoms with E-state index in [1.807, 2.05) is 13.8 Å². The van der Waals surface area contributed by atoms with E-state index in [9.17, 15) is 9.18 Å². The minimum Gasteiger partial charge on any atom is -0.371 e. The van der Waals surface area contributed by atoms with Gasteiger partial charge in [-0.15, -0.1) is 0 Å². The second-order valence-electron chi connectivity index (χ2n) is 3.71. The van der Waals surface area contributed by atoms with Crippen LogP contribution >= 0.6 is 11.6 Å². The molecule has 1 atom stereocenters. The molecule has 0 fully saturated rings. The minimum atomic E-state index is -0.499. The molecule has 0 spiro atoms. The van der Waals surface area contributed by atoms with Gasteiger partial charge in [0.25, 0.3) is 0 Å². The first-order chi connectivity index (χ1) is 8.10. The Morgan fingerprint density at radius 3 is 2.76 bits per heavy atom. The Morgan fingerprint density at radius 2 is 2.18 bits per heavy atom. The number of hydrogen-bond donors (Lipinski definition) is 0. The normalized spacial score (nSPS) is 12.5. The predicted molar refractivity (Wildman–Crippen MR) is 65.8 cm³/mol. The molecule has 1 aromatic carbocycles. The summed E-state index contributed by atoms with van der Waals surface area (Å²) < 4.78 is 18.5. The van der Waals surface area contributed by atoms with E-state index in [1.54, 1.807) is 12.1 Å². The molecule has 0 amide bonds. The van der Waals surface area contributed by atoms with E-state index < -0.39 is 11.9 Å². The predicted octanol–water partition coefficient (Wildman–Crippen LogP) is 3.41. The van der Waals surface area contributed by atoms with Gasteiger partial charge < -0.3 is 4.74 Å². The molecule has 1 unspecified atom stereocenters. The van der Waals surface area contributed by atoms with Crippen LogP contribution in [0.1, 0.15) is 25.8 Å². The van der Waals surface area contributed by atoms with Gasteiger partial charge in [-0.3, -0.25) is 4.79 Å². The minimum absolute atomic E-state index is 0.0206. The number of carbonyl (C=O) groups excluding carboxylic acids is 1. The Balaban J connectivity index is 2.76. The van der Waals surface area contributed by atoms with E-state index in [4.69, 9.17) is 16.3 Å². The number of ketones is 1. The van der Waals surface area contributed by atoms with E-state index in [0.29, 0.717) is 18.6 Å². The smallest absolute Gasteiger partial charge is 0.165 e. The van der Waals surface area contributed by atoms with Crippen molar-refractivity contribution in [3.05, 3.63) is 34.6 Å². The lowest BCUT2D eigenvalue weighted by molar-refractivity contribution is -0.129. The summed E-state index contributed by atoms with van der Waals surface area (Å²) in [5, 5.41) is 0.0206. The average Bonchev–Trinajstić information content (AvgIpc) is 2.31. The SMILES string of the molecule is CCOC(CC)C(=O)Cc1cccc(F)c1Cl. The molecule has 0 radical (unpaired) electrons. The summed E-state index contributed by atoms with van der Waals surface area (Å²) >= 11 is 5.79. The van der Waals surface area contributed by atoms with Crippen LogP contribution in [0.5, 0.6) is 0 Å². The molecule has 0 N–H and O–H groups in total. The number of Topliss-reactive ketones (excluding diaryl/α,β-unsaturated/α-hetero) is 1. The van der Waals surface area contributed by atoms with Crippen LogP contribution in [0.3, 0.4) is 0 Å². The van der Waals surface area contributed by atoms with E-state index in [-0.39, 0.29) is 17.2 Å². The fraction of sp³-hybridized carbons (Fsp3) is 0.462. The summed E-state index contributed by atoms with van der Waals surface area (Å²) in [6, 6.07) is 4.48. The molecule has 0 aromatic heterocycles. The first-order valence-corrected chi connectivity index (χ1v) is 6.05. The largest absolute Gasteiger partial charge is 0.371 e. The third-order valence-corrected chi connectivity index (χ3v) is 2.92. The molecule has 0 bridgehead atoms. The van der Waals surface area contributed by atoms with E-state index >= 15 is 0 Å².